The minimum Gasteiger partial charge on any atom is -0.491 e. The van der Waals surface area contributed by atoms with Gasteiger partial charge in [-0.15, -0.1) is 0 Å². The zero-order chi connectivity index (χ0) is 19.7. The molecule has 0 N–H and O–H groups in total. The van der Waals surface area contributed by atoms with Gasteiger partial charge in [-0.1, -0.05) is 89.0 Å². The number of hydrogen-bond acceptors (Lipinski definition) is 2. The number of rotatable bonds is 18. The summed E-state index contributed by atoms with van der Waals surface area (Å²) in [6.07, 6.45) is 24.0. The Bertz CT molecular complexity index is 519. The monoisotopic (exact) mass is 386 g/mol. The van der Waals surface area contributed by atoms with Crippen LogP contribution in [0.25, 0.3) is 0 Å². The molecule has 0 aromatic heterocycles. The second kappa shape index (κ2) is 15.6. The second-order valence-electron chi connectivity index (χ2n) is 8.22. The van der Waals surface area contributed by atoms with Crippen LogP contribution in [0, 0.1) is 0 Å². The van der Waals surface area contributed by atoms with Crippen LogP contribution in [0.15, 0.2) is 36.4 Å². The van der Waals surface area contributed by atoms with E-state index in [2.05, 4.69) is 43.3 Å². The summed E-state index contributed by atoms with van der Waals surface area (Å²) in [5.41, 5.74) is 1.40. The van der Waals surface area contributed by atoms with Crippen molar-refractivity contribution >= 4 is 0 Å². The van der Waals surface area contributed by atoms with Crippen LogP contribution in [0.1, 0.15) is 96.0 Å². The first-order valence-corrected chi connectivity index (χ1v) is 11.9. The highest BCUT2D eigenvalue weighted by Crippen LogP contribution is 2.19. The normalized spacial score (nSPS) is 16.0. The van der Waals surface area contributed by atoms with Gasteiger partial charge in [0.2, 0.25) is 0 Å². The molecule has 0 bridgehead atoms. The van der Waals surface area contributed by atoms with E-state index in [-0.39, 0.29) is 0 Å². The molecule has 2 nitrogen and oxygen atoms in total. The van der Waals surface area contributed by atoms with Crippen molar-refractivity contribution in [3.63, 3.8) is 0 Å². The van der Waals surface area contributed by atoms with Crippen molar-refractivity contribution < 1.29 is 9.47 Å². The molecule has 158 valence electrons. The molecule has 1 unspecified atom stereocenters. The van der Waals surface area contributed by atoms with Crippen molar-refractivity contribution in [3.8, 4) is 5.75 Å². The van der Waals surface area contributed by atoms with Gasteiger partial charge in [-0.3, -0.25) is 0 Å². The number of epoxide rings is 1. The van der Waals surface area contributed by atoms with Gasteiger partial charge in [0.15, 0.2) is 0 Å². The first-order chi connectivity index (χ1) is 13.9. The molecule has 1 heterocycles. The molecule has 1 aliphatic heterocycles. The Balaban J connectivity index is 1.35. The molecule has 2 rings (SSSR count). The maximum absolute atomic E-state index is 5.77. The van der Waals surface area contributed by atoms with E-state index < -0.39 is 0 Å². The van der Waals surface area contributed by atoms with Gasteiger partial charge >= 0.3 is 0 Å². The fourth-order valence-corrected chi connectivity index (χ4v) is 3.61. The van der Waals surface area contributed by atoms with Gasteiger partial charge in [0.25, 0.3) is 0 Å². The molecule has 1 fully saturated rings. The van der Waals surface area contributed by atoms with Crippen molar-refractivity contribution in [1.82, 2.24) is 0 Å². The van der Waals surface area contributed by atoms with Gasteiger partial charge in [-0.25, -0.2) is 0 Å². The van der Waals surface area contributed by atoms with Crippen LogP contribution in [0.4, 0.5) is 0 Å². The predicted molar refractivity (Wildman–Crippen MR) is 120 cm³/mol. The van der Waals surface area contributed by atoms with Crippen LogP contribution in [0.2, 0.25) is 0 Å². The SMILES string of the molecule is CC/C=C/CCCCCCCCCCCCCc1cccc(OCC2CO2)c1. The number of unbranched alkanes of at least 4 members (excludes halogenated alkanes) is 11. The van der Waals surface area contributed by atoms with Crippen molar-refractivity contribution in [3.05, 3.63) is 42.0 Å². The van der Waals surface area contributed by atoms with Crippen LogP contribution in [0.5, 0.6) is 5.75 Å². The zero-order valence-corrected chi connectivity index (χ0v) is 18.2. The fraction of sp³-hybridized carbons (Fsp3) is 0.692. The van der Waals surface area contributed by atoms with Crippen molar-refractivity contribution in [2.45, 2.75) is 103 Å². The van der Waals surface area contributed by atoms with Crippen LogP contribution in [-0.2, 0) is 11.2 Å². The summed E-state index contributed by atoms with van der Waals surface area (Å²) in [7, 11) is 0. The average Bonchev–Trinajstić information content (AvgIpc) is 3.54. The molecule has 1 aromatic rings. The minimum atomic E-state index is 0.330. The van der Waals surface area contributed by atoms with Crippen molar-refractivity contribution in [1.29, 1.82) is 0 Å². The van der Waals surface area contributed by atoms with E-state index in [4.69, 9.17) is 9.47 Å². The van der Waals surface area contributed by atoms with E-state index in [1.807, 2.05) is 0 Å². The topological polar surface area (TPSA) is 21.8 Å². The molecular weight excluding hydrogens is 344 g/mol. The molecule has 1 atom stereocenters. The molecule has 2 heteroatoms. The van der Waals surface area contributed by atoms with E-state index in [1.165, 1.54) is 95.5 Å². The van der Waals surface area contributed by atoms with E-state index in [9.17, 15) is 0 Å². The number of allylic oxidation sites excluding steroid dienone is 2. The highest BCUT2D eigenvalue weighted by molar-refractivity contribution is 5.28. The predicted octanol–water partition coefficient (Wildman–Crippen LogP) is 7.65. The van der Waals surface area contributed by atoms with E-state index >= 15 is 0 Å². The third-order valence-corrected chi connectivity index (χ3v) is 5.48. The molecule has 0 amide bonds. The average molecular weight is 387 g/mol. The lowest BCUT2D eigenvalue weighted by Crippen LogP contribution is -2.04. The van der Waals surface area contributed by atoms with Crippen LogP contribution in [0.3, 0.4) is 0 Å². The highest BCUT2D eigenvalue weighted by Gasteiger charge is 2.22. The number of ether oxygens (including phenoxy) is 2. The minimum absolute atomic E-state index is 0.330. The Kier molecular flexibility index (Phi) is 12.8. The summed E-state index contributed by atoms with van der Waals surface area (Å²) in [5.74, 6) is 0.991. The highest BCUT2D eigenvalue weighted by atomic mass is 16.6. The molecule has 0 spiro atoms. The summed E-state index contributed by atoms with van der Waals surface area (Å²) in [4.78, 5) is 0. The lowest BCUT2D eigenvalue weighted by Gasteiger charge is -2.07. The van der Waals surface area contributed by atoms with E-state index in [1.54, 1.807) is 0 Å². The fourth-order valence-electron chi connectivity index (χ4n) is 3.61. The molecule has 0 radical (unpaired) electrons. The first-order valence-electron chi connectivity index (χ1n) is 11.9. The summed E-state index contributed by atoms with van der Waals surface area (Å²) < 4.78 is 11.0. The molecule has 0 saturated carbocycles. The summed E-state index contributed by atoms with van der Waals surface area (Å²) in [5, 5.41) is 0. The quantitative estimate of drug-likeness (QED) is 0.147. The Morgan fingerprint density at radius 3 is 2.18 bits per heavy atom. The Labute approximate surface area is 173 Å². The molecule has 1 aromatic carbocycles. The van der Waals surface area contributed by atoms with Gasteiger partial charge in [0.05, 0.1) is 6.61 Å². The molecule has 1 saturated heterocycles. The number of hydrogen-bond donors (Lipinski definition) is 0. The van der Waals surface area contributed by atoms with Gasteiger partial charge in [-0.2, -0.15) is 0 Å². The summed E-state index contributed by atoms with van der Waals surface area (Å²) in [6.45, 7) is 3.76. The maximum Gasteiger partial charge on any atom is 0.119 e. The molecular formula is C26H42O2. The standard InChI is InChI=1S/C26H42O2/c1-2-3-4-5-6-7-8-9-10-11-12-13-14-15-16-18-24-19-17-20-25(21-24)27-22-26-23-28-26/h3-4,17,19-21,26H,2,5-16,18,22-23H2,1H3/b4-3+. The zero-order valence-electron chi connectivity index (χ0n) is 18.2. The lowest BCUT2D eigenvalue weighted by molar-refractivity contribution is 0.263. The molecule has 28 heavy (non-hydrogen) atoms. The van der Waals surface area contributed by atoms with Crippen molar-refractivity contribution in [2.24, 2.45) is 0 Å². The molecule has 0 aliphatic carbocycles. The van der Waals surface area contributed by atoms with Crippen LogP contribution in [-0.4, -0.2) is 19.3 Å². The van der Waals surface area contributed by atoms with Crippen LogP contribution < -0.4 is 4.74 Å². The van der Waals surface area contributed by atoms with Crippen molar-refractivity contribution in [2.75, 3.05) is 13.2 Å². The number of aryl methyl sites for hydroxylation is 1. The smallest absolute Gasteiger partial charge is 0.119 e. The third kappa shape index (κ3) is 12.2. The second-order valence-corrected chi connectivity index (χ2v) is 8.22. The van der Waals surface area contributed by atoms with Gasteiger partial charge in [0, 0.05) is 0 Å². The largest absolute Gasteiger partial charge is 0.491 e. The number of benzene rings is 1. The Hall–Kier alpha value is -1.28. The Morgan fingerprint density at radius 1 is 0.893 bits per heavy atom. The maximum atomic E-state index is 5.77. The Morgan fingerprint density at radius 2 is 1.54 bits per heavy atom. The van der Waals surface area contributed by atoms with Gasteiger partial charge in [-0.05, 0) is 49.8 Å². The first kappa shape index (κ1) is 23.0. The van der Waals surface area contributed by atoms with Crippen LogP contribution >= 0.6 is 0 Å². The summed E-state index contributed by atoms with van der Waals surface area (Å²) in [6, 6.07) is 8.58. The van der Waals surface area contributed by atoms with Gasteiger partial charge < -0.3 is 9.47 Å². The lowest BCUT2D eigenvalue weighted by atomic mass is 10.0. The molecule has 1 aliphatic rings. The summed E-state index contributed by atoms with van der Waals surface area (Å²) >= 11 is 0. The van der Waals surface area contributed by atoms with Gasteiger partial charge in [0.1, 0.15) is 18.5 Å². The third-order valence-electron chi connectivity index (χ3n) is 5.48. The van der Waals surface area contributed by atoms with E-state index in [0.29, 0.717) is 12.7 Å². The van der Waals surface area contributed by atoms with E-state index in [0.717, 1.165) is 12.4 Å².